The number of halogens is 1. The Morgan fingerprint density at radius 2 is 1.94 bits per heavy atom. The van der Waals surface area contributed by atoms with Crippen LogP contribution in [0.3, 0.4) is 0 Å². The fourth-order valence-electron chi connectivity index (χ4n) is 1.29. The fraction of sp³-hybridized carbons (Fsp3) is 0.273. The van der Waals surface area contributed by atoms with E-state index in [1.165, 1.54) is 6.33 Å². The van der Waals surface area contributed by atoms with Crippen molar-refractivity contribution in [3.05, 3.63) is 40.8 Å². The predicted octanol–water partition coefficient (Wildman–Crippen LogP) is 2.15. The molecule has 0 amide bonds. The van der Waals surface area contributed by atoms with E-state index in [4.69, 9.17) is 11.6 Å². The van der Waals surface area contributed by atoms with Gasteiger partial charge in [0.25, 0.3) is 0 Å². The fourth-order valence-corrected chi connectivity index (χ4v) is 1.42. The van der Waals surface area contributed by atoms with Crippen LogP contribution in [-0.4, -0.2) is 19.9 Å². The van der Waals surface area contributed by atoms with E-state index in [9.17, 15) is 0 Å². The average Bonchev–Trinajstić information content (AvgIpc) is 2.33. The summed E-state index contributed by atoms with van der Waals surface area (Å²) < 4.78 is 0. The molecule has 0 saturated carbocycles. The minimum atomic E-state index is 0.456. The smallest absolute Gasteiger partial charge is 0.137 e. The van der Waals surface area contributed by atoms with Crippen molar-refractivity contribution in [2.24, 2.45) is 0 Å². The highest BCUT2D eigenvalue weighted by atomic mass is 35.5. The Labute approximate surface area is 104 Å². The van der Waals surface area contributed by atoms with E-state index in [0.29, 0.717) is 17.5 Å². The lowest BCUT2D eigenvalue weighted by molar-refractivity contribution is 0.968. The second kappa shape index (κ2) is 5.05. The molecule has 17 heavy (non-hydrogen) atoms. The third-order valence-electron chi connectivity index (χ3n) is 2.29. The van der Waals surface area contributed by atoms with Crippen LogP contribution in [0.25, 0.3) is 0 Å². The molecule has 6 heteroatoms. The molecule has 0 aromatic carbocycles. The highest BCUT2D eigenvalue weighted by Crippen LogP contribution is 2.18. The molecule has 0 aliphatic rings. The molecule has 2 rings (SSSR count). The predicted molar refractivity (Wildman–Crippen MR) is 65.9 cm³/mol. The van der Waals surface area contributed by atoms with Crippen LogP contribution in [0, 0.1) is 13.8 Å². The molecule has 2 aromatic heterocycles. The molecule has 0 bridgehead atoms. The summed E-state index contributed by atoms with van der Waals surface area (Å²) in [5, 5.41) is 3.61. The van der Waals surface area contributed by atoms with E-state index >= 15 is 0 Å². The molecule has 0 spiro atoms. The average molecular weight is 250 g/mol. The van der Waals surface area contributed by atoms with Crippen LogP contribution in [0.5, 0.6) is 0 Å². The molecule has 0 radical (unpaired) electrons. The first-order chi connectivity index (χ1) is 8.16. The Kier molecular flexibility index (Phi) is 3.49. The van der Waals surface area contributed by atoms with Crippen molar-refractivity contribution in [1.29, 1.82) is 0 Å². The summed E-state index contributed by atoms with van der Waals surface area (Å²) in [6, 6.07) is 0. The third kappa shape index (κ3) is 2.88. The van der Waals surface area contributed by atoms with Gasteiger partial charge in [0.2, 0.25) is 0 Å². The van der Waals surface area contributed by atoms with Crippen LogP contribution in [0.4, 0.5) is 5.82 Å². The van der Waals surface area contributed by atoms with Crippen molar-refractivity contribution in [2.45, 2.75) is 20.4 Å². The van der Waals surface area contributed by atoms with E-state index in [1.807, 2.05) is 13.8 Å². The number of aryl methyl sites for hydroxylation is 1. The number of rotatable bonds is 3. The van der Waals surface area contributed by atoms with Crippen molar-refractivity contribution in [3.63, 3.8) is 0 Å². The van der Waals surface area contributed by atoms with Crippen LogP contribution in [0.2, 0.25) is 5.15 Å². The largest absolute Gasteiger partial charge is 0.364 e. The Balaban J connectivity index is 2.07. The molecule has 1 N–H and O–H groups in total. The van der Waals surface area contributed by atoms with Crippen molar-refractivity contribution >= 4 is 17.4 Å². The summed E-state index contributed by atoms with van der Waals surface area (Å²) in [6.07, 6.45) is 4.90. The maximum absolute atomic E-state index is 5.90. The Morgan fingerprint density at radius 1 is 1.12 bits per heavy atom. The molecule has 0 atom stereocenters. The molecule has 88 valence electrons. The Bertz CT molecular complexity index is 512. The first kappa shape index (κ1) is 11.7. The van der Waals surface area contributed by atoms with Gasteiger partial charge >= 0.3 is 0 Å². The van der Waals surface area contributed by atoms with Gasteiger partial charge in [0.05, 0.1) is 24.1 Å². The van der Waals surface area contributed by atoms with E-state index in [0.717, 1.165) is 17.0 Å². The number of hydrogen-bond donors (Lipinski definition) is 1. The number of nitrogens with one attached hydrogen (secondary N) is 1. The summed E-state index contributed by atoms with van der Waals surface area (Å²) in [6.45, 7) is 4.32. The van der Waals surface area contributed by atoms with Crippen LogP contribution in [-0.2, 0) is 6.54 Å². The molecule has 0 saturated heterocycles. The lowest BCUT2D eigenvalue weighted by Gasteiger charge is -2.08. The molecule has 0 fully saturated rings. The van der Waals surface area contributed by atoms with Crippen molar-refractivity contribution in [1.82, 2.24) is 19.9 Å². The first-order valence-corrected chi connectivity index (χ1v) is 5.53. The topological polar surface area (TPSA) is 63.6 Å². The molecule has 0 aliphatic heterocycles. The molecule has 5 nitrogen and oxygen atoms in total. The molecule has 2 aromatic rings. The van der Waals surface area contributed by atoms with Crippen LogP contribution in [0.15, 0.2) is 18.7 Å². The van der Waals surface area contributed by atoms with Gasteiger partial charge in [-0.3, -0.25) is 9.97 Å². The maximum Gasteiger partial charge on any atom is 0.137 e. The number of anilines is 1. The highest BCUT2D eigenvalue weighted by Gasteiger charge is 2.04. The molecular formula is C11H12ClN5. The third-order valence-corrected chi connectivity index (χ3v) is 2.67. The lowest BCUT2D eigenvalue weighted by Crippen LogP contribution is -2.06. The van der Waals surface area contributed by atoms with Gasteiger partial charge in [-0.25, -0.2) is 9.97 Å². The molecule has 2 heterocycles. The van der Waals surface area contributed by atoms with Gasteiger partial charge in [0.15, 0.2) is 0 Å². The van der Waals surface area contributed by atoms with Crippen LogP contribution >= 0.6 is 11.6 Å². The highest BCUT2D eigenvalue weighted by molar-refractivity contribution is 6.30. The zero-order valence-electron chi connectivity index (χ0n) is 9.61. The molecule has 0 unspecified atom stereocenters. The normalized spacial score (nSPS) is 10.3. The summed E-state index contributed by atoms with van der Waals surface area (Å²) in [5.41, 5.74) is 2.58. The van der Waals surface area contributed by atoms with Crippen molar-refractivity contribution < 1.29 is 0 Å². The van der Waals surface area contributed by atoms with E-state index in [1.54, 1.807) is 12.4 Å². The standard InChI is InChI=1S/C11H12ClN5/c1-7-3-14-9(4-13-7)5-15-11-8(2)10(12)16-6-17-11/h3-4,6H,5H2,1-2H3,(H,15,16,17). The van der Waals surface area contributed by atoms with Crippen LogP contribution < -0.4 is 5.32 Å². The first-order valence-electron chi connectivity index (χ1n) is 5.15. The number of aromatic nitrogens is 4. The van der Waals surface area contributed by atoms with E-state index in [-0.39, 0.29) is 0 Å². The number of nitrogens with zero attached hydrogens (tertiary/aromatic N) is 4. The van der Waals surface area contributed by atoms with Gasteiger partial charge < -0.3 is 5.32 Å². The van der Waals surface area contributed by atoms with Crippen LogP contribution in [0.1, 0.15) is 17.0 Å². The van der Waals surface area contributed by atoms with Crippen molar-refractivity contribution in [2.75, 3.05) is 5.32 Å². The minimum Gasteiger partial charge on any atom is -0.364 e. The lowest BCUT2D eigenvalue weighted by atomic mass is 10.3. The van der Waals surface area contributed by atoms with Gasteiger partial charge in [-0.05, 0) is 13.8 Å². The molecule has 0 aliphatic carbocycles. The summed E-state index contributed by atoms with van der Waals surface area (Å²) in [7, 11) is 0. The Hall–Kier alpha value is -1.75. The molecular weight excluding hydrogens is 238 g/mol. The van der Waals surface area contributed by atoms with Crippen molar-refractivity contribution in [3.8, 4) is 0 Å². The number of hydrogen-bond acceptors (Lipinski definition) is 5. The summed E-state index contributed by atoms with van der Waals surface area (Å²) in [5.74, 6) is 0.715. The van der Waals surface area contributed by atoms with Gasteiger partial charge in [0, 0.05) is 11.8 Å². The van der Waals surface area contributed by atoms with Gasteiger partial charge in [-0.1, -0.05) is 11.6 Å². The quantitative estimate of drug-likeness (QED) is 0.845. The monoisotopic (exact) mass is 249 g/mol. The van der Waals surface area contributed by atoms with Gasteiger partial charge in [-0.15, -0.1) is 0 Å². The zero-order valence-corrected chi connectivity index (χ0v) is 10.4. The second-order valence-corrected chi connectivity index (χ2v) is 4.00. The minimum absolute atomic E-state index is 0.456. The summed E-state index contributed by atoms with van der Waals surface area (Å²) in [4.78, 5) is 16.4. The van der Waals surface area contributed by atoms with Gasteiger partial charge in [0.1, 0.15) is 17.3 Å². The second-order valence-electron chi connectivity index (χ2n) is 3.64. The zero-order chi connectivity index (χ0) is 12.3. The van der Waals surface area contributed by atoms with E-state index in [2.05, 4.69) is 25.3 Å². The van der Waals surface area contributed by atoms with Gasteiger partial charge in [-0.2, -0.15) is 0 Å². The van der Waals surface area contributed by atoms with E-state index < -0.39 is 0 Å². The Morgan fingerprint density at radius 3 is 2.65 bits per heavy atom. The SMILES string of the molecule is Cc1cnc(CNc2ncnc(Cl)c2C)cn1. The summed E-state index contributed by atoms with van der Waals surface area (Å²) >= 11 is 5.90. The maximum atomic E-state index is 5.90.